The number of carbonyl (C=O) groups is 1. The molecule has 0 spiro atoms. The van der Waals surface area contributed by atoms with Gasteiger partial charge in [0.05, 0.1) is 5.52 Å². The van der Waals surface area contributed by atoms with Crippen molar-refractivity contribution in [3.05, 3.63) is 64.2 Å². The summed E-state index contributed by atoms with van der Waals surface area (Å²) >= 11 is 0. The van der Waals surface area contributed by atoms with Gasteiger partial charge in [0.15, 0.2) is 0 Å². The molecule has 2 aromatic heterocycles. The Morgan fingerprint density at radius 1 is 1.22 bits per heavy atom. The van der Waals surface area contributed by atoms with E-state index in [1.807, 2.05) is 38.1 Å². The Morgan fingerprint density at radius 2 is 1.96 bits per heavy atom. The fourth-order valence-electron chi connectivity index (χ4n) is 2.71. The van der Waals surface area contributed by atoms with Crippen LogP contribution in [0.5, 0.6) is 0 Å². The van der Waals surface area contributed by atoms with Crippen LogP contribution in [0.3, 0.4) is 0 Å². The molecule has 3 aromatic rings. The molecule has 0 aliphatic carbocycles. The average Bonchev–Trinajstić information content (AvgIpc) is 2.54. The maximum absolute atomic E-state index is 12.3. The summed E-state index contributed by atoms with van der Waals surface area (Å²) in [5.41, 5.74) is 2.97. The minimum atomic E-state index is -1.20. The first-order valence-corrected chi connectivity index (χ1v) is 7.34. The van der Waals surface area contributed by atoms with Crippen molar-refractivity contribution in [3.63, 3.8) is 0 Å². The molecule has 0 radical (unpaired) electrons. The number of aromatic nitrogens is 2. The Bertz CT molecular complexity index is 974. The summed E-state index contributed by atoms with van der Waals surface area (Å²) in [5.74, 6) is -1.20. The fraction of sp³-hybridized carbons (Fsp3) is 0.167. The van der Waals surface area contributed by atoms with Crippen LogP contribution in [0, 0.1) is 6.92 Å². The summed E-state index contributed by atoms with van der Waals surface area (Å²) in [6, 6.07) is 9.33. The Labute approximate surface area is 132 Å². The van der Waals surface area contributed by atoms with E-state index in [1.54, 1.807) is 16.8 Å². The highest BCUT2D eigenvalue weighted by atomic mass is 16.4. The Morgan fingerprint density at radius 3 is 2.61 bits per heavy atom. The van der Waals surface area contributed by atoms with Gasteiger partial charge in [-0.3, -0.25) is 9.78 Å². The second kappa shape index (κ2) is 5.68. The quantitative estimate of drug-likeness (QED) is 0.807. The molecule has 0 bridgehead atoms. The standard InChI is InChI=1S/C18H16N2O3/c1-3-20-10-15(18(22)23)17(21)14-5-4-12(9-16(14)20)13-6-7-19-11(2)8-13/h4-10H,3H2,1-2H3,(H,22,23). The highest BCUT2D eigenvalue weighted by Gasteiger charge is 2.14. The molecule has 0 aliphatic rings. The number of rotatable bonds is 3. The van der Waals surface area contributed by atoms with Crippen LogP contribution in [0.15, 0.2) is 47.5 Å². The largest absolute Gasteiger partial charge is 0.477 e. The summed E-state index contributed by atoms with van der Waals surface area (Å²) in [6.45, 7) is 4.42. The van der Waals surface area contributed by atoms with Crippen molar-refractivity contribution in [3.8, 4) is 11.1 Å². The Hall–Kier alpha value is -2.95. The van der Waals surface area contributed by atoms with Crippen LogP contribution in [0.4, 0.5) is 0 Å². The molecule has 0 saturated carbocycles. The number of hydrogen-bond donors (Lipinski definition) is 1. The van der Waals surface area contributed by atoms with Gasteiger partial charge in [-0.05, 0) is 49.2 Å². The van der Waals surface area contributed by atoms with Crippen molar-refractivity contribution in [2.75, 3.05) is 0 Å². The van der Waals surface area contributed by atoms with Gasteiger partial charge in [0.1, 0.15) is 5.56 Å². The molecular formula is C18H16N2O3. The molecule has 2 heterocycles. The first-order chi connectivity index (χ1) is 11.0. The van der Waals surface area contributed by atoms with Gasteiger partial charge in [-0.1, -0.05) is 6.07 Å². The monoisotopic (exact) mass is 308 g/mol. The summed E-state index contributed by atoms with van der Waals surface area (Å²) in [7, 11) is 0. The lowest BCUT2D eigenvalue weighted by Crippen LogP contribution is -2.18. The highest BCUT2D eigenvalue weighted by molar-refractivity contribution is 5.93. The van der Waals surface area contributed by atoms with Crippen molar-refractivity contribution < 1.29 is 9.90 Å². The molecule has 0 amide bonds. The van der Waals surface area contributed by atoms with E-state index in [1.165, 1.54) is 6.20 Å². The zero-order valence-electron chi connectivity index (χ0n) is 12.9. The smallest absolute Gasteiger partial charge is 0.341 e. The van der Waals surface area contributed by atoms with Crippen LogP contribution in [0.2, 0.25) is 0 Å². The number of carboxylic acids is 1. The van der Waals surface area contributed by atoms with E-state index >= 15 is 0 Å². The van der Waals surface area contributed by atoms with Crippen molar-refractivity contribution in [1.29, 1.82) is 0 Å². The first-order valence-electron chi connectivity index (χ1n) is 7.34. The highest BCUT2D eigenvalue weighted by Crippen LogP contribution is 2.24. The maximum atomic E-state index is 12.3. The van der Waals surface area contributed by atoms with E-state index in [0.29, 0.717) is 11.9 Å². The lowest BCUT2D eigenvalue weighted by atomic mass is 10.0. The number of aryl methyl sites for hydroxylation is 2. The molecule has 3 rings (SSSR count). The van der Waals surface area contributed by atoms with Gasteiger partial charge in [-0.25, -0.2) is 4.79 Å². The van der Waals surface area contributed by atoms with Gasteiger partial charge >= 0.3 is 5.97 Å². The molecule has 1 N–H and O–H groups in total. The van der Waals surface area contributed by atoms with Crippen molar-refractivity contribution in [2.45, 2.75) is 20.4 Å². The molecular weight excluding hydrogens is 292 g/mol. The van der Waals surface area contributed by atoms with E-state index in [9.17, 15) is 14.7 Å². The Kier molecular flexibility index (Phi) is 3.70. The van der Waals surface area contributed by atoms with Gasteiger partial charge < -0.3 is 9.67 Å². The van der Waals surface area contributed by atoms with Gasteiger partial charge in [-0.15, -0.1) is 0 Å². The van der Waals surface area contributed by atoms with E-state index < -0.39 is 11.4 Å². The Balaban J connectivity index is 2.30. The molecule has 0 aliphatic heterocycles. The number of nitrogens with zero attached hydrogens (tertiary/aromatic N) is 2. The summed E-state index contributed by atoms with van der Waals surface area (Å²) in [5, 5.41) is 9.61. The second-order valence-corrected chi connectivity index (χ2v) is 5.38. The summed E-state index contributed by atoms with van der Waals surface area (Å²) in [4.78, 5) is 27.8. The fourth-order valence-corrected chi connectivity index (χ4v) is 2.71. The van der Waals surface area contributed by atoms with E-state index in [-0.39, 0.29) is 5.56 Å². The third-order valence-corrected chi connectivity index (χ3v) is 3.88. The maximum Gasteiger partial charge on any atom is 0.341 e. The van der Waals surface area contributed by atoms with Gasteiger partial charge in [0.2, 0.25) is 5.43 Å². The number of carboxylic acid groups (broad SMARTS) is 1. The topological polar surface area (TPSA) is 72.2 Å². The normalized spacial score (nSPS) is 10.9. The predicted octanol–water partition coefficient (Wildman–Crippen LogP) is 3.09. The zero-order chi connectivity index (χ0) is 16.6. The van der Waals surface area contributed by atoms with Gasteiger partial charge in [0, 0.05) is 30.0 Å². The van der Waals surface area contributed by atoms with Crippen molar-refractivity contribution in [2.24, 2.45) is 0 Å². The number of hydrogen-bond acceptors (Lipinski definition) is 3. The summed E-state index contributed by atoms with van der Waals surface area (Å²) < 4.78 is 1.79. The zero-order valence-corrected chi connectivity index (χ0v) is 12.9. The van der Waals surface area contributed by atoms with Gasteiger partial charge in [-0.2, -0.15) is 0 Å². The van der Waals surface area contributed by atoms with E-state index in [4.69, 9.17) is 0 Å². The van der Waals surface area contributed by atoms with Crippen LogP contribution in [-0.2, 0) is 6.54 Å². The third-order valence-electron chi connectivity index (χ3n) is 3.88. The van der Waals surface area contributed by atoms with E-state index in [0.717, 1.165) is 22.3 Å². The van der Waals surface area contributed by atoms with Crippen LogP contribution >= 0.6 is 0 Å². The van der Waals surface area contributed by atoms with Gasteiger partial charge in [0.25, 0.3) is 0 Å². The molecule has 0 fully saturated rings. The number of fused-ring (bicyclic) bond motifs is 1. The predicted molar refractivity (Wildman–Crippen MR) is 88.8 cm³/mol. The molecule has 0 unspecified atom stereocenters. The molecule has 5 nitrogen and oxygen atoms in total. The average molecular weight is 308 g/mol. The molecule has 0 atom stereocenters. The number of pyridine rings is 2. The molecule has 116 valence electrons. The number of benzene rings is 1. The van der Waals surface area contributed by atoms with Crippen LogP contribution in [0.1, 0.15) is 23.0 Å². The van der Waals surface area contributed by atoms with E-state index in [2.05, 4.69) is 4.98 Å². The number of aromatic carboxylic acids is 1. The molecule has 5 heteroatoms. The van der Waals surface area contributed by atoms with Crippen LogP contribution in [0.25, 0.3) is 22.0 Å². The van der Waals surface area contributed by atoms with Crippen LogP contribution in [-0.4, -0.2) is 20.6 Å². The SMILES string of the molecule is CCn1cc(C(=O)O)c(=O)c2ccc(-c3ccnc(C)c3)cc21. The first kappa shape index (κ1) is 15.0. The minimum Gasteiger partial charge on any atom is -0.477 e. The minimum absolute atomic E-state index is 0.202. The molecule has 23 heavy (non-hydrogen) atoms. The lowest BCUT2D eigenvalue weighted by molar-refractivity contribution is 0.0695. The van der Waals surface area contributed by atoms with Crippen molar-refractivity contribution >= 4 is 16.9 Å². The summed E-state index contributed by atoms with van der Waals surface area (Å²) in [6.07, 6.45) is 3.16. The second-order valence-electron chi connectivity index (χ2n) is 5.38. The molecule has 0 saturated heterocycles. The van der Waals surface area contributed by atoms with Crippen molar-refractivity contribution in [1.82, 2.24) is 9.55 Å². The third kappa shape index (κ3) is 2.61. The molecule has 1 aromatic carbocycles. The van der Waals surface area contributed by atoms with Crippen LogP contribution < -0.4 is 5.43 Å². The lowest BCUT2D eigenvalue weighted by Gasteiger charge is -2.12.